The number of carbonyl (C=O) groups is 1. The van der Waals surface area contributed by atoms with Crippen molar-refractivity contribution >= 4 is 28.4 Å². The van der Waals surface area contributed by atoms with E-state index in [1.165, 1.54) is 0 Å². The highest BCUT2D eigenvalue weighted by Gasteiger charge is 2.26. The van der Waals surface area contributed by atoms with E-state index in [1.807, 2.05) is 29.3 Å². The summed E-state index contributed by atoms with van der Waals surface area (Å²) < 4.78 is 0. The van der Waals surface area contributed by atoms with Gasteiger partial charge in [-0.25, -0.2) is 4.98 Å². The van der Waals surface area contributed by atoms with Crippen LogP contribution < -0.4 is 0 Å². The van der Waals surface area contributed by atoms with Crippen molar-refractivity contribution in [3.05, 3.63) is 65.1 Å². The lowest BCUT2D eigenvalue weighted by Crippen LogP contribution is -2.48. The van der Waals surface area contributed by atoms with Crippen molar-refractivity contribution in [2.75, 3.05) is 32.7 Å². The number of halogens is 1. The summed E-state index contributed by atoms with van der Waals surface area (Å²) in [4.78, 5) is 25.1. The highest BCUT2D eigenvalue weighted by molar-refractivity contribution is 6.29. The Labute approximate surface area is 170 Å². The monoisotopic (exact) mass is 396 g/mol. The lowest BCUT2D eigenvalue weighted by atomic mass is 9.88. The zero-order chi connectivity index (χ0) is 19.5. The van der Waals surface area contributed by atoms with Crippen LogP contribution in [0.15, 0.2) is 48.8 Å². The number of aromatic amines is 1. The quantitative estimate of drug-likeness (QED) is 0.665. The molecule has 5 nitrogen and oxygen atoms in total. The number of hydrogen-bond donors (Lipinski definition) is 1. The Kier molecular flexibility index (Phi) is 5.64. The molecule has 0 aliphatic carbocycles. The SMILES string of the molecule is CCN1CCN(C(=O)CC(c2ccc(Cl)nc2)c2c[nH]c3ccccc23)CC1. The molecule has 3 heterocycles. The van der Waals surface area contributed by atoms with E-state index in [2.05, 4.69) is 33.9 Å². The Bertz CT molecular complexity index is 945. The third-order valence-corrected chi connectivity index (χ3v) is 5.92. The Hall–Kier alpha value is -2.37. The first-order valence-electron chi connectivity index (χ1n) is 9.83. The van der Waals surface area contributed by atoms with E-state index in [9.17, 15) is 4.79 Å². The highest BCUT2D eigenvalue weighted by atomic mass is 35.5. The molecule has 1 aliphatic heterocycles. The van der Waals surface area contributed by atoms with Gasteiger partial charge in [0.05, 0.1) is 0 Å². The van der Waals surface area contributed by atoms with Gasteiger partial charge in [0.1, 0.15) is 5.15 Å². The van der Waals surface area contributed by atoms with Gasteiger partial charge in [0.15, 0.2) is 0 Å². The van der Waals surface area contributed by atoms with E-state index in [4.69, 9.17) is 11.6 Å². The standard InChI is InChI=1S/C22H25ClN4O/c1-2-26-9-11-27(12-10-26)22(28)13-18(16-7-8-21(23)25-14-16)19-15-24-20-6-4-3-5-17(19)20/h3-8,14-15,18,24H,2,9-13H2,1H3. The Morgan fingerprint density at radius 1 is 1.18 bits per heavy atom. The molecule has 1 atom stereocenters. The molecule has 0 saturated carbocycles. The summed E-state index contributed by atoms with van der Waals surface area (Å²) in [6.45, 7) is 6.69. The predicted octanol–water partition coefficient (Wildman–Crippen LogP) is 3.90. The summed E-state index contributed by atoms with van der Waals surface area (Å²) in [5.74, 6) is 0.138. The average Bonchev–Trinajstić information content (AvgIpc) is 3.16. The molecule has 2 aromatic heterocycles. The van der Waals surface area contributed by atoms with Crippen LogP contribution in [0.3, 0.4) is 0 Å². The topological polar surface area (TPSA) is 52.2 Å². The maximum Gasteiger partial charge on any atom is 0.223 e. The van der Waals surface area contributed by atoms with Crippen LogP contribution in [0.5, 0.6) is 0 Å². The summed E-state index contributed by atoms with van der Waals surface area (Å²) in [7, 11) is 0. The fraction of sp³-hybridized carbons (Fsp3) is 0.364. The molecule has 146 valence electrons. The third-order valence-electron chi connectivity index (χ3n) is 5.70. The van der Waals surface area contributed by atoms with Gasteiger partial charge in [0.25, 0.3) is 0 Å². The molecule has 0 bridgehead atoms. The number of benzene rings is 1. The summed E-state index contributed by atoms with van der Waals surface area (Å²) in [5.41, 5.74) is 3.21. The first kappa shape index (κ1) is 19.0. The van der Waals surface area contributed by atoms with Crippen LogP contribution >= 0.6 is 11.6 Å². The Balaban J connectivity index is 1.62. The lowest BCUT2D eigenvalue weighted by molar-refractivity contribution is -0.133. The first-order valence-corrected chi connectivity index (χ1v) is 10.2. The van der Waals surface area contributed by atoms with Crippen molar-refractivity contribution in [2.45, 2.75) is 19.3 Å². The average molecular weight is 397 g/mol. The largest absolute Gasteiger partial charge is 0.361 e. The van der Waals surface area contributed by atoms with Gasteiger partial charge in [-0.1, -0.05) is 42.8 Å². The number of likely N-dealkylation sites (N-methyl/N-ethyl adjacent to an activating group) is 1. The van der Waals surface area contributed by atoms with E-state index < -0.39 is 0 Å². The van der Waals surface area contributed by atoms with Crippen LogP contribution in [0, 0.1) is 0 Å². The lowest BCUT2D eigenvalue weighted by Gasteiger charge is -2.34. The fourth-order valence-electron chi connectivity index (χ4n) is 4.00. The van der Waals surface area contributed by atoms with Gasteiger partial charge in [-0.2, -0.15) is 0 Å². The summed E-state index contributed by atoms with van der Waals surface area (Å²) in [6, 6.07) is 12.0. The second kappa shape index (κ2) is 8.33. The van der Waals surface area contributed by atoms with E-state index in [0.29, 0.717) is 11.6 Å². The number of fused-ring (bicyclic) bond motifs is 1. The van der Waals surface area contributed by atoms with Crippen molar-refractivity contribution in [1.29, 1.82) is 0 Å². The van der Waals surface area contributed by atoms with E-state index in [-0.39, 0.29) is 11.8 Å². The molecule has 6 heteroatoms. The molecular weight excluding hydrogens is 372 g/mol. The molecule has 3 aromatic rings. The smallest absolute Gasteiger partial charge is 0.223 e. The van der Waals surface area contributed by atoms with Crippen LogP contribution in [-0.2, 0) is 4.79 Å². The van der Waals surface area contributed by atoms with Gasteiger partial charge in [-0.15, -0.1) is 0 Å². The maximum absolute atomic E-state index is 13.1. The van der Waals surface area contributed by atoms with Gasteiger partial charge in [0, 0.05) is 61.8 Å². The first-order chi connectivity index (χ1) is 13.7. The van der Waals surface area contributed by atoms with E-state index in [0.717, 1.165) is 54.8 Å². The number of H-pyrrole nitrogens is 1. The molecule has 1 N–H and O–H groups in total. The number of nitrogens with one attached hydrogen (secondary N) is 1. The molecule has 1 amide bonds. The minimum absolute atomic E-state index is 0.0578. The number of nitrogens with zero attached hydrogens (tertiary/aromatic N) is 3. The van der Waals surface area contributed by atoms with Gasteiger partial charge in [0.2, 0.25) is 5.91 Å². The molecule has 1 saturated heterocycles. The third kappa shape index (κ3) is 3.91. The highest BCUT2D eigenvalue weighted by Crippen LogP contribution is 2.34. The van der Waals surface area contributed by atoms with Gasteiger partial charge in [-0.05, 0) is 29.8 Å². The van der Waals surface area contributed by atoms with Crippen LogP contribution in [0.4, 0.5) is 0 Å². The number of aromatic nitrogens is 2. The van der Waals surface area contributed by atoms with Crippen molar-refractivity contribution < 1.29 is 4.79 Å². The minimum Gasteiger partial charge on any atom is -0.361 e. The van der Waals surface area contributed by atoms with Crippen molar-refractivity contribution in [1.82, 2.24) is 19.8 Å². The van der Waals surface area contributed by atoms with E-state index >= 15 is 0 Å². The molecular formula is C22H25ClN4O. The summed E-state index contributed by atoms with van der Waals surface area (Å²) >= 11 is 5.99. The Morgan fingerprint density at radius 2 is 1.96 bits per heavy atom. The number of pyridine rings is 1. The molecule has 4 rings (SSSR count). The van der Waals surface area contributed by atoms with Gasteiger partial charge < -0.3 is 14.8 Å². The van der Waals surface area contributed by atoms with Crippen molar-refractivity contribution in [3.8, 4) is 0 Å². The number of carbonyl (C=O) groups excluding carboxylic acids is 1. The summed E-state index contributed by atoms with van der Waals surface area (Å²) in [5, 5.41) is 1.61. The van der Waals surface area contributed by atoms with Crippen LogP contribution in [0.1, 0.15) is 30.4 Å². The van der Waals surface area contributed by atoms with Crippen molar-refractivity contribution in [2.24, 2.45) is 0 Å². The zero-order valence-electron chi connectivity index (χ0n) is 16.1. The fourth-order valence-corrected chi connectivity index (χ4v) is 4.11. The molecule has 1 aliphatic rings. The number of hydrogen-bond acceptors (Lipinski definition) is 3. The number of amides is 1. The molecule has 1 unspecified atom stereocenters. The summed E-state index contributed by atoms with van der Waals surface area (Å²) in [6.07, 6.45) is 4.24. The zero-order valence-corrected chi connectivity index (χ0v) is 16.8. The Morgan fingerprint density at radius 3 is 2.68 bits per heavy atom. The van der Waals surface area contributed by atoms with Gasteiger partial charge in [-0.3, -0.25) is 4.79 Å². The van der Waals surface area contributed by atoms with Crippen LogP contribution in [0.25, 0.3) is 10.9 Å². The minimum atomic E-state index is -0.0578. The molecule has 1 fully saturated rings. The molecule has 28 heavy (non-hydrogen) atoms. The van der Waals surface area contributed by atoms with Crippen molar-refractivity contribution in [3.63, 3.8) is 0 Å². The molecule has 0 spiro atoms. The van der Waals surface area contributed by atoms with E-state index in [1.54, 1.807) is 12.3 Å². The normalized spacial score (nSPS) is 16.4. The molecule has 1 aromatic carbocycles. The second-order valence-electron chi connectivity index (χ2n) is 7.28. The van der Waals surface area contributed by atoms with Crippen LogP contribution in [-0.4, -0.2) is 58.4 Å². The number of para-hydroxylation sites is 1. The molecule has 0 radical (unpaired) electrons. The number of piperazine rings is 1. The predicted molar refractivity (Wildman–Crippen MR) is 113 cm³/mol. The second-order valence-corrected chi connectivity index (χ2v) is 7.66. The van der Waals surface area contributed by atoms with Crippen LogP contribution in [0.2, 0.25) is 5.15 Å². The number of rotatable bonds is 5. The maximum atomic E-state index is 13.1. The van der Waals surface area contributed by atoms with Gasteiger partial charge >= 0.3 is 0 Å².